The molecular weight excluding hydrogens is 320 g/mol. The second kappa shape index (κ2) is 7.14. The van der Waals surface area contributed by atoms with Gasteiger partial charge in [-0.1, -0.05) is 12.8 Å². The summed E-state index contributed by atoms with van der Waals surface area (Å²) in [6.07, 6.45) is 8.24. The molecule has 2 N–H and O–H groups in total. The fourth-order valence-electron chi connectivity index (χ4n) is 4.19. The summed E-state index contributed by atoms with van der Waals surface area (Å²) in [6.45, 7) is 3.94. The van der Waals surface area contributed by atoms with Gasteiger partial charge >= 0.3 is 0 Å². The van der Waals surface area contributed by atoms with E-state index in [1.165, 1.54) is 29.7 Å². The predicted molar refractivity (Wildman–Crippen MR) is 96.9 cm³/mol. The van der Waals surface area contributed by atoms with Gasteiger partial charge in [0.2, 0.25) is 0 Å². The Morgan fingerprint density at radius 3 is 2.67 bits per heavy atom. The van der Waals surface area contributed by atoms with E-state index in [1.54, 1.807) is 11.3 Å². The number of thiophene rings is 1. The summed E-state index contributed by atoms with van der Waals surface area (Å²) in [4.78, 5) is 14.7. The Morgan fingerprint density at radius 1 is 1.17 bits per heavy atom. The number of hydrogen-bond donors (Lipinski definition) is 2. The average molecular weight is 349 g/mol. The quantitative estimate of drug-likeness (QED) is 0.858. The molecule has 132 valence electrons. The summed E-state index contributed by atoms with van der Waals surface area (Å²) in [5, 5.41) is 7.00. The lowest BCUT2D eigenvalue weighted by Crippen LogP contribution is -2.36. The smallest absolute Gasteiger partial charge is 0.261 e. The Balaban J connectivity index is 1.34. The van der Waals surface area contributed by atoms with Crippen LogP contribution in [0.1, 0.15) is 71.0 Å². The minimum Gasteiger partial charge on any atom is -0.381 e. The molecule has 2 aliphatic carbocycles. The van der Waals surface area contributed by atoms with Crippen LogP contribution in [0.3, 0.4) is 0 Å². The third kappa shape index (κ3) is 3.68. The van der Waals surface area contributed by atoms with Gasteiger partial charge in [0, 0.05) is 42.1 Å². The highest BCUT2D eigenvalue weighted by molar-refractivity contribution is 7.14. The zero-order chi connectivity index (χ0) is 16.5. The largest absolute Gasteiger partial charge is 0.381 e. The van der Waals surface area contributed by atoms with Gasteiger partial charge in [0.05, 0.1) is 4.88 Å². The van der Waals surface area contributed by atoms with E-state index in [1.807, 2.05) is 0 Å². The van der Waals surface area contributed by atoms with Gasteiger partial charge in [0.1, 0.15) is 0 Å². The summed E-state index contributed by atoms with van der Waals surface area (Å²) in [5.74, 6) is 0.730. The van der Waals surface area contributed by atoms with Gasteiger partial charge in [-0.15, -0.1) is 11.3 Å². The monoisotopic (exact) mass is 348 g/mol. The van der Waals surface area contributed by atoms with Crippen molar-refractivity contribution < 1.29 is 9.53 Å². The van der Waals surface area contributed by atoms with E-state index in [-0.39, 0.29) is 5.91 Å². The third-order valence-corrected chi connectivity index (χ3v) is 6.80. The maximum atomic E-state index is 12.5. The van der Waals surface area contributed by atoms with E-state index in [0.29, 0.717) is 24.0 Å². The molecule has 2 heterocycles. The van der Waals surface area contributed by atoms with Crippen molar-refractivity contribution >= 4 is 17.2 Å². The normalized spacial score (nSPS) is 28.2. The minimum atomic E-state index is 0.135. The van der Waals surface area contributed by atoms with E-state index in [4.69, 9.17) is 4.74 Å². The van der Waals surface area contributed by atoms with E-state index in [2.05, 4.69) is 23.6 Å². The van der Waals surface area contributed by atoms with Crippen LogP contribution in [0.5, 0.6) is 0 Å². The van der Waals surface area contributed by atoms with E-state index in [9.17, 15) is 4.79 Å². The van der Waals surface area contributed by atoms with Crippen molar-refractivity contribution in [2.75, 3.05) is 13.2 Å². The van der Waals surface area contributed by atoms with Crippen LogP contribution < -0.4 is 10.6 Å². The molecule has 4 nitrogen and oxygen atoms in total. The fourth-order valence-corrected chi connectivity index (χ4v) is 5.19. The maximum Gasteiger partial charge on any atom is 0.261 e. The molecule has 2 atom stereocenters. The molecule has 0 aromatic carbocycles. The Kier molecular flexibility index (Phi) is 4.93. The lowest BCUT2D eigenvalue weighted by atomic mass is 10.1. The minimum absolute atomic E-state index is 0.135. The van der Waals surface area contributed by atoms with Crippen LogP contribution in [0.25, 0.3) is 0 Å². The first-order valence-electron chi connectivity index (χ1n) is 9.45. The van der Waals surface area contributed by atoms with Gasteiger partial charge in [0.25, 0.3) is 5.91 Å². The van der Waals surface area contributed by atoms with Crippen molar-refractivity contribution in [3.05, 3.63) is 21.4 Å². The summed E-state index contributed by atoms with van der Waals surface area (Å²) in [7, 11) is 0. The van der Waals surface area contributed by atoms with Crippen molar-refractivity contribution in [3.63, 3.8) is 0 Å². The molecule has 3 aliphatic rings. The first kappa shape index (κ1) is 16.6. The summed E-state index contributed by atoms with van der Waals surface area (Å²) in [6, 6.07) is 3.75. The molecule has 0 radical (unpaired) electrons. The number of ether oxygens (including phenoxy) is 1. The molecule has 5 heteroatoms. The summed E-state index contributed by atoms with van der Waals surface area (Å²) in [5.41, 5.74) is 1.39. The van der Waals surface area contributed by atoms with Gasteiger partial charge in [-0.25, -0.2) is 0 Å². The van der Waals surface area contributed by atoms with Crippen molar-refractivity contribution in [1.82, 2.24) is 10.6 Å². The number of carbonyl (C=O) groups is 1. The van der Waals surface area contributed by atoms with Crippen LogP contribution in [0.4, 0.5) is 0 Å². The molecule has 1 aromatic rings. The predicted octanol–water partition coefficient (Wildman–Crippen LogP) is 3.35. The number of aryl methyl sites for hydroxylation is 1. The van der Waals surface area contributed by atoms with E-state index < -0.39 is 0 Å². The van der Waals surface area contributed by atoms with E-state index in [0.717, 1.165) is 43.8 Å². The molecule has 1 aliphatic heterocycles. The Morgan fingerprint density at radius 2 is 1.92 bits per heavy atom. The highest BCUT2D eigenvalue weighted by Gasteiger charge is 2.41. The van der Waals surface area contributed by atoms with Crippen LogP contribution in [0, 0.1) is 6.92 Å². The van der Waals surface area contributed by atoms with Crippen molar-refractivity contribution in [2.45, 2.75) is 75.9 Å². The molecule has 24 heavy (non-hydrogen) atoms. The SMILES string of the molecule is Cc1sc(C(=O)NC2CCCC2)cc1C1CC1NC1CCOCC1. The number of carbonyl (C=O) groups excluding carboxylic acids is 1. The van der Waals surface area contributed by atoms with Crippen molar-refractivity contribution in [2.24, 2.45) is 0 Å². The zero-order valence-corrected chi connectivity index (χ0v) is 15.3. The lowest BCUT2D eigenvalue weighted by molar-refractivity contribution is 0.0774. The first-order chi connectivity index (χ1) is 11.7. The van der Waals surface area contributed by atoms with Gasteiger partial charge in [-0.2, -0.15) is 0 Å². The fraction of sp³-hybridized carbons (Fsp3) is 0.737. The summed E-state index contributed by atoms with van der Waals surface area (Å²) < 4.78 is 5.43. The third-order valence-electron chi connectivity index (χ3n) is 5.73. The van der Waals surface area contributed by atoms with Gasteiger partial charge in [0.15, 0.2) is 0 Å². The van der Waals surface area contributed by atoms with Crippen LogP contribution in [-0.4, -0.2) is 37.2 Å². The molecule has 0 spiro atoms. The molecule has 1 aromatic heterocycles. The van der Waals surface area contributed by atoms with Crippen LogP contribution in [0.15, 0.2) is 6.07 Å². The standard InChI is InChI=1S/C19H28N2O2S/c1-12-15(16-10-17(16)20-14-6-8-23-9-7-14)11-18(24-12)19(22)21-13-4-2-3-5-13/h11,13-14,16-17,20H,2-10H2,1H3,(H,21,22). The molecule has 1 amide bonds. The molecule has 0 bridgehead atoms. The van der Waals surface area contributed by atoms with E-state index >= 15 is 0 Å². The van der Waals surface area contributed by atoms with Crippen LogP contribution in [-0.2, 0) is 4.74 Å². The number of hydrogen-bond acceptors (Lipinski definition) is 4. The van der Waals surface area contributed by atoms with Gasteiger partial charge in [-0.05, 0) is 50.7 Å². The maximum absolute atomic E-state index is 12.5. The zero-order valence-electron chi connectivity index (χ0n) is 14.5. The molecule has 1 saturated heterocycles. The van der Waals surface area contributed by atoms with Crippen molar-refractivity contribution in [3.8, 4) is 0 Å². The molecule has 2 unspecified atom stereocenters. The highest BCUT2D eigenvalue weighted by Crippen LogP contribution is 2.45. The first-order valence-corrected chi connectivity index (χ1v) is 10.3. The number of rotatable bonds is 5. The second-order valence-corrected chi connectivity index (χ2v) is 8.84. The Hall–Kier alpha value is -0.910. The lowest BCUT2D eigenvalue weighted by Gasteiger charge is -2.23. The molecule has 2 saturated carbocycles. The van der Waals surface area contributed by atoms with Gasteiger partial charge in [-0.3, -0.25) is 4.79 Å². The van der Waals surface area contributed by atoms with Crippen LogP contribution >= 0.6 is 11.3 Å². The van der Waals surface area contributed by atoms with Gasteiger partial charge < -0.3 is 15.4 Å². The topological polar surface area (TPSA) is 50.4 Å². The highest BCUT2D eigenvalue weighted by atomic mass is 32.1. The molecular formula is C19H28N2O2S. The average Bonchev–Trinajstić information content (AvgIpc) is 2.97. The van der Waals surface area contributed by atoms with Crippen molar-refractivity contribution in [1.29, 1.82) is 0 Å². The second-order valence-electron chi connectivity index (χ2n) is 7.58. The Labute approximate surface area is 148 Å². The van der Waals surface area contributed by atoms with Crippen LogP contribution in [0.2, 0.25) is 0 Å². The molecule has 3 fully saturated rings. The number of nitrogens with one attached hydrogen (secondary N) is 2. The molecule has 4 rings (SSSR count). The Bertz CT molecular complexity index is 588. The summed E-state index contributed by atoms with van der Waals surface area (Å²) >= 11 is 1.66. The number of amides is 1.